The van der Waals surface area contributed by atoms with Crippen LogP contribution in [0.2, 0.25) is 5.02 Å². The van der Waals surface area contributed by atoms with Gasteiger partial charge in [-0.3, -0.25) is 4.89 Å². The normalized spacial score (nSPS) is 15.0. The molecule has 0 bridgehead atoms. The Bertz CT molecular complexity index is 345. The first-order valence-corrected chi connectivity index (χ1v) is 5.07. The monoisotopic (exact) mass is 223 g/mol. The van der Waals surface area contributed by atoms with Crippen molar-refractivity contribution < 1.29 is 18.6 Å². The summed E-state index contributed by atoms with van der Waals surface area (Å²) in [5.74, 6) is 4.64. The Morgan fingerprint density at radius 1 is 1.54 bits per heavy atom. The van der Waals surface area contributed by atoms with Crippen LogP contribution >= 0.6 is 19.4 Å². The maximum absolute atomic E-state index is 10.8. The fourth-order valence-corrected chi connectivity index (χ4v) is 1.28. The first-order valence-electron chi connectivity index (χ1n) is 3.20. The minimum Gasteiger partial charge on any atom is -0.403 e. The molecule has 1 aromatic carbocycles. The zero-order valence-electron chi connectivity index (χ0n) is 6.38. The van der Waals surface area contributed by atoms with E-state index >= 15 is 0 Å². The minimum atomic E-state index is -4.20. The summed E-state index contributed by atoms with van der Waals surface area (Å²) < 4.78 is 19.0. The summed E-state index contributed by atoms with van der Waals surface area (Å²) in [7, 11) is -4.20. The molecule has 0 aromatic heterocycles. The van der Waals surface area contributed by atoms with E-state index in [9.17, 15) is 4.57 Å². The zero-order valence-corrected chi connectivity index (χ0v) is 8.03. The van der Waals surface area contributed by atoms with E-state index in [2.05, 4.69) is 15.0 Å². The smallest absolute Gasteiger partial charge is 0.403 e. The molecule has 1 unspecified atom stereocenters. The van der Waals surface area contributed by atoms with Gasteiger partial charge in [0.05, 0.1) is 0 Å². The van der Waals surface area contributed by atoms with E-state index in [0.29, 0.717) is 5.02 Å². The third kappa shape index (κ3) is 3.34. The summed E-state index contributed by atoms with van der Waals surface area (Å²) in [6.07, 6.45) is 0. The van der Waals surface area contributed by atoms with Gasteiger partial charge in [-0.15, -0.1) is 0 Å². The van der Waals surface area contributed by atoms with Crippen LogP contribution in [0.1, 0.15) is 0 Å². The van der Waals surface area contributed by atoms with Crippen molar-refractivity contribution in [3.8, 4) is 5.75 Å². The van der Waals surface area contributed by atoms with Crippen LogP contribution in [0.4, 0.5) is 0 Å². The van der Waals surface area contributed by atoms with E-state index < -0.39 is 7.82 Å². The Morgan fingerprint density at radius 3 is 2.77 bits per heavy atom. The molecule has 0 amide bonds. The van der Waals surface area contributed by atoms with Gasteiger partial charge in [0.2, 0.25) is 0 Å². The van der Waals surface area contributed by atoms with Crippen molar-refractivity contribution in [3.63, 3.8) is 0 Å². The lowest BCUT2D eigenvalue weighted by molar-refractivity contribution is 0.208. The summed E-state index contributed by atoms with van der Waals surface area (Å²) in [6, 6.07) is 5.98. The van der Waals surface area contributed by atoms with Crippen molar-refractivity contribution in [1.29, 1.82) is 0 Å². The lowest BCUT2D eigenvalue weighted by Gasteiger charge is -2.09. The van der Waals surface area contributed by atoms with E-state index in [0.717, 1.165) is 0 Å². The van der Waals surface area contributed by atoms with Crippen molar-refractivity contribution in [1.82, 2.24) is 0 Å². The molecule has 0 aliphatic heterocycles. The third-order valence-corrected chi connectivity index (χ3v) is 2.09. The standard InChI is InChI=1S/C6H7ClNO4P/c7-5-2-1-3-6(4-5)11-13(9,10)12-8/h1-4H,8H2,(H,9,10). The van der Waals surface area contributed by atoms with E-state index in [-0.39, 0.29) is 5.75 Å². The molecule has 5 nitrogen and oxygen atoms in total. The molecule has 1 rings (SSSR count). The number of halogens is 1. The highest BCUT2D eigenvalue weighted by Crippen LogP contribution is 2.41. The van der Waals surface area contributed by atoms with Crippen LogP contribution in [0.3, 0.4) is 0 Å². The van der Waals surface area contributed by atoms with Gasteiger partial charge < -0.3 is 4.52 Å². The minimum absolute atomic E-state index is 0.115. The van der Waals surface area contributed by atoms with Crippen molar-refractivity contribution in [2.24, 2.45) is 5.90 Å². The largest absolute Gasteiger partial charge is 0.544 e. The van der Waals surface area contributed by atoms with Gasteiger partial charge in [-0.1, -0.05) is 17.7 Å². The number of nitrogens with two attached hydrogens (primary N) is 1. The Hall–Kier alpha value is -0.580. The SMILES string of the molecule is NOP(=O)(O)Oc1cccc(Cl)c1. The van der Waals surface area contributed by atoms with Gasteiger partial charge in [-0.05, 0) is 18.2 Å². The molecule has 1 atom stereocenters. The van der Waals surface area contributed by atoms with Crippen molar-refractivity contribution in [2.75, 3.05) is 0 Å². The molecule has 13 heavy (non-hydrogen) atoms. The average Bonchev–Trinajstić information content (AvgIpc) is 2.03. The number of benzene rings is 1. The van der Waals surface area contributed by atoms with Crippen molar-refractivity contribution in [2.45, 2.75) is 0 Å². The van der Waals surface area contributed by atoms with Crippen LogP contribution in [0.15, 0.2) is 24.3 Å². The molecule has 72 valence electrons. The molecule has 0 aliphatic rings. The molecule has 0 aliphatic carbocycles. The number of hydrogen-bond acceptors (Lipinski definition) is 4. The number of hydrogen-bond donors (Lipinski definition) is 2. The van der Waals surface area contributed by atoms with Crippen LogP contribution < -0.4 is 10.4 Å². The summed E-state index contributed by atoms with van der Waals surface area (Å²) in [5, 5.41) is 0.384. The molecule has 0 spiro atoms. The Labute approximate surface area is 79.6 Å². The average molecular weight is 224 g/mol. The second-order valence-electron chi connectivity index (χ2n) is 2.12. The first-order chi connectivity index (χ1) is 6.03. The molecule has 3 N–H and O–H groups in total. The van der Waals surface area contributed by atoms with Crippen LogP contribution in [-0.2, 0) is 9.19 Å². The third-order valence-electron chi connectivity index (χ3n) is 1.15. The molecular formula is C6H7ClNO4P. The molecule has 0 heterocycles. The molecule has 0 saturated carbocycles. The van der Waals surface area contributed by atoms with Crippen LogP contribution in [0, 0.1) is 0 Å². The van der Waals surface area contributed by atoms with Crippen LogP contribution in [0.5, 0.6) is 5.75 Å². The summed E-state index contributed by atoms with van der Waals surface area (Å²) in [5.41, 5.74) is 0. The van der Waals surface area contributed by atoms with Crippen LogP contribution in [0.25, 0.3) is 0 Å². The Morgan fingerprint density at radius 2 is 2.23 bits per heavy atom. The molecule has 0 fully saturated rings. The predicted molar refractivity (Wildman–Crippen MR) is 47.2 cm³/mol. The Balaban J connectivity index is 2.81. The van der Waals surface area contributed by atoms with Gasteiger partial charge >= 0.3 is 7.82 Å². The van der Waals surface area contributed by atoms with E-state index in [4.69, 9.17) is 16.5 Å². The van der Waals surface area contributed by atoms with Gasteiger partial charge in [0.25, 0.3) is 0 Å². The molecule has 0 radical (unpaired) electrons. The summed E-state index contributed by atoms with van der Waals surface area (Å²) in [6.45, 7) is 0. The summed E-state index contributed by atoms with van der Waals surface area (Å²) >= 11 is 5.59. The van der Waals surface area contributed by atoms with Crippen molar-refractivity contribution in [3.05, 3.63) is 29.3 Å². The van der Waals surface area contributed by atoms with Gasteiger partial charge in [0.1, 0.15) is 5.75 Å². The fourth-order valence-electron chi connectivity index (χ4n) is 0.679. The van der Waals surface area contributed by atoms with Gasteiger partial charge in [0, 0.05) is 5.02 Å². The zero-order chi connectivity index (χ0) is 9.90. The fraction of sp³-hybridized carbons (Fsp3) is 0. The van der Waals surface area contributed by atoms with E-state index in [1.54, 1.807) is 12.1 Å². The highest BCUT2D eigenvalue weighted by molar-refractivity contribution is 7.47. The molecule has 0 saturated heterocycles. The Kier molecular flexibility index (Phi) is 3.30. The van der Waals surface area contributed by atoms with Gasteiger partial charge in [0.15, 0.2) is 0 Å². The van der Waals surface area contributed by atoms with Gasteiger partial charge in [-0.25, -0.2) is 10.5 Å². The lowest BCUT2D eigenvalue weighted by Crippen LogP contribution is -2.01. The second kappa shape index (κ2) is 4.09. The summed E-state index contributed by atoms with van der Waals surface area (Å²) in [4.78, 5) is 8.81. The predicted octanol–water partition coefficient (Wildman–Crippen LogP) is 1.71. The van der Waals surface area contributed by atoms with E-state index in [1.807, 2.05) is 0 Å². The van der Waals surface area contributed by atoms with Crippen molar-refractivity contribution >= 4 is 19.4 Å². The second-order valence-corrected chi connectivity index (χ2v) is 3.89. The first kappa shape index (κ1) is 10.5. The highest BCUT2D eigenvalue weighted by atomic mass is 35.5. The molecule has 1 aromatic rings. The van der Waals surface area contributed by atoms with Crippen LogP contribution in [-0.4, -0.2) is 4.89 Å². The van der Waals surface area contributed by atoms with E-state index in [1.165, 1.54) is 12.1 Å². The number of phosphoric ester groups is 1. The molecule has 7 heteroatoms. The molecular weight excluding hydrogens is 216 g/mol. The van der Waals surface area contributed by atoms with Gasteiger partial charge in [-0.2, -0.15) is 4.62 Å². The maximum atomic E-state index is 10.8. The quantitative estimate of drug-likeness (QED) is 0.602. The highest BCUT2D eigenvalue weighted by Gasteiger charge is 2.21. The lowest BCUT2D eigenvalue weighted by atomic mass is 10.3. The number of rotatable bonds is 3. The topological polar surface area (TPSA) is 81.8 Å². The number of phosphoric acid groups is 1. The maximum Gasteiger partial charge on any atom is 0.544 e.